The van der Waals surface area contributed by atoms with Crippen LogP contribution in [0.5, 0.6) is 0 Å². The van der Waals surface area contributed by atoms with Crippen molar-refractivity contribution < 1.29 is 5.11 Å². The number of aliphatic hydroxyl groups is 1. The Labute approximate surface area is 92.6 Å². The summed E-state index contributed by atoms with van der Waals surface area (Å²) in [6.07, 6.45) is 0. The van der Waals surface area contributed by atoms with E-state index in [1.54, 1.807) is 0 Å². The Bertz CT molecular complexity index is 479. The molecule has 0 saturated heterocycles. The fourth-order valence-corrected chi connectivity index (χ4v) is 1.84. The van der Waals surface area contributed by atoms with Crippen LogP contribution in [-0.4, -0.2) is 14.5 Å². The van der Waals surface area contributed by atoms with Crippen molar-refractivity contribution in [3.05, 3.63) is 34.3 Å². The molecule has 0 aliphatic carbocycles. The zero-order valence-electron chi connectivity index (χ0n) is 8.69. The zero-order valence-corrected chi connectivity index (χ0v) is 9.51. The molecule has 0 fully saturated rings. The summed E-state index contributed by atoms with van der Waals surface area (Å²) in [4.78, 5) is 4.23. The van der Waals surface area contributed by atoms with Crippen LogP contribution in [-0.2, 0) is 6.61 Å². The van der Waals surface area contributed by atoms with Crippen molar-refractivity contribution in [2.45, 2.75) is 20.5 Å². The van der Waals surface area contributed by atoms with E-state index in [4.69, 9.17) is 5.11 Å². The SMILES string of the molecule is Cc1ccc(-c2nsc(CO)n2)cc1C. The Balaban J connectivity index is 2.40. The van der Waals surface area contributed by atoms with Gasteiger partial charge in [-0.15, -0.1) is 0 Å². The van der Waals surface area contributed by atoms with Gasteiger partial charge in [0.05, 0.1) is 6.61 Å². The summed E-state index contributed by atoms with van der Waals surface area (Å²) in [7, 11) is 0. The third-order valence-corrected chi connectivity index (χ3v) is 3.06. The second-order valence-electron chi connectivity index (χ2n) is 3.47. The van der Waals surface area contributed by atoms with Crippen LogP contribution in [0.15, 0.2) is 18.2 Å². The third kappa shape index (κ3) is 2.06. The fourth-order valence-electron chi connectivity index (χ4n) is 1.32. The Morgan fingerprint density at radius 1 is 1.27 bits per heavy atom. The number of rotatable bonds is 2. The molecule has 4 heteroatoms. The first kappa shape index (κ1) is 10.3. The number of aliphatic hydroxyl groups excluding tert-OH is 1. The van der Waals surface area contributed by atoms with Gasteiger partial charge in [-0.05, 0) is 42.6 Å². The largest absolute Gasteiger partial charge is 0.389 e. The predicted molar refractivity (Wildman–Crippen MR) is 60.7 cm³/mol. The highest BCUT2D eigenvalue weighted by atomic mass is 32.1. The van der Waals surface area contributed by atoms with Gasteiger partial charge in [0, 0.05) is 5.56 Å². The van der Waals surface area contributed by atoms with Gasteiger partial charge in [-0.1, -0.05) is 12.1 Å². The van der Waals surface area contributed by atoms with E-state index in [0.717, 1.165) is 5.56 Å². The summed E-state index contributed by atoms with van der Waals surface area (Å²) < 4.78 is 4.20. The summed E-state index contributed by atoms with van der Waals surface area (Å²) in [5.74, 6) is 0.701. The van der Waals surface area contributed by atoms with Crippen LogP contribution in [0.4, 0.5) is 0 Å². The van der Waals surface area contributed by atoms with Crippen molar-refractivity contribution in [2.24, 2.45) is 0 Å². The topological polar surface area (TPSA) is 46.0 Å². The molecule has 15 heavy (non-hydrogen) atoms. The van der Waals surface area contributed by atoms with Crippen LogP contribution in [0.3, 0.4) is 0 Å². The van der Waals surface area contributed by atoms with Crippen LogP contribution in [0.25, 0.3) is 11.4 Å². The summed E-state index contributed by atoms with van der Waals surface area (Å²) in [6, 6.07) is 6.13. The van der Waals surface area contributed by atoms with E-state index in [2.05, 4.69) is 35.3 Å². The maximum absolute atomic E-state index is 8.90. The van der Waals surface area contributed by atoms with E-state index in [1.165, 1.54) is 22.7 Å². The summed E-state index contributed by atoms with van der Waals surface area (Å²) >= 11 is 1.24. The summed E-state index contributed by atoms with van der Waals surface area (Å²) in [6.45, 7) is 4.10. The minimum atomic E-state index is -0.0392. The molecule has 3 nitrogen and oxygen atoms in total. The Morgan fingerprint density at radius 3 is 2.67 bits per heavy atom. The maximum atomic E-state index is 8.90. The number of nitrogens with zero attached hydrogens (tertiary/aromatic N) is 2. The lowest BCUT2D eigenvalue weighted by Gasteiger charge is -2.01. The van der Waals surface area contributed by atoms with E-state index in [9.17, 15) is 0 Å². The second-order valence-corrected chi connectivity index (χ2v) is 4.31. The van der Waals surface area contributed by atoms with Crippen LogP contribution in [0.1, 0.15) is 16.1 Å². The molecule has 0 amide bonds. The molecule has 1 aromatic carbocycles. The Kier molecular flexibility index (Phi) is 2.79. The molecule has 0 aliphatic heterocycles. The smallest absolute Gasteiger partial charge is 0.173 e. The standard InChI is InChI=1S/C11H12N2OS/c1-7-3-4-9(5-8(7)2)11-12-10(6-14)15-13-11/h3-5,14H,6H2,1-2H3. The fraction of sp³-hybridized carbons (Fsp3) is 0.273. The zero-order chi connectivity index (χ0) is 10.8. The number of hydrogen-bond acceptors (Lipinski definition) is 4. The predicted octanol–water partition coefficient (Wildman–Crippen LogP) is 2.31. The van der Waals surface area contributed by atoms with Gasteiger partial charge in [0.2, 0.25) is 0 Å². The molecule has 2 aromatic rings. The molecule has 0 spiro atoms. The van der Waals surface area contributed by atoms with Crippen molar-refractivity contribution in [2.75, 3.05) is 0 Å². The highest BCUT2D eigenvalue weighted by Gasteiger charge is 2.06. The van der Waals surface area contributed by atoms with Gasteiger partial charge in [-0.3, -0.25) is 0 Å². The first-order chi connectivity index (χ1) is 7.20. The molecule has 0 bridgehead atoms. The molecule has 2 rings (SSSR count). The highest BCUT2D eigenvalue weighted by molar-refractivity contribution is 7.05. The quantitative estimate of drug-likeness (QED) is 0.844. The van der Waals surface area contributed by atoms with Gasteiger partial charge in [-0.2, -0.15) is 4.37 Å². The van der Waals surface area contributed by atoms with Gasteiger partial charge in [0.25, 0.3) is 0 Å². The molecular weight excluding hydrogens is 208 g/mol. The molecule has 0 saturated carbocycles. The molecule has 0 radical (unpaired) electrons. The molecule has 1 N–H and O–H groups in total. The van der Waals surface area contributed by atoms with Crippen LogP contribution in [0, 0.1) is 13.8 Å². The lowest BCUT2D eigenvalue weighted by molar-refractivity contribution is 0.281. The van der Waals surface area contributed by atoms with Gasteiger partial charge in [0.1, 0.15) is 5.01 Å². The molecule has 0 unspecified atom stereocenters. The number of aryl methyl sites for hydroxylation is 2. The lowest BCUT2D eigenvalue weighted by Crippen LogP contribution is -1.86. The van der Waals surface area contributed by atoms with Crippen LogP contribution < -0.4 is 0 Å². The van der Waals surface area contributed by atoms with Gasteiger partial charge < -0.3 is 5.11 Å². The van der Waals surface area contributed by atoms with Crippen LogP contribution in [0.2, 0.25) is 0 Å². The van der Waals surface area contributed by atoms with Gasteiger partial charge in [-0.25, -0.2) is 4.98 Å². The van der Waals surface area contributed by atoms with E-state index in [-0.39, 0.29) is 6.61 Å². The van der Waals surface area contributed by atoms with E-state index in [1.807, 2.05) is 6.07 Å². The maximum Gasteiger partial charge on any atom is 0.173 e. The molecule has 0 aliphatic rings. The Morgan fingerprint density at radius 2 is 2.07 bits per heavy atom. The number of aromatic nitrogens is 2. The molecule has 78 valence electrons. The van der Waals surface area contributed by atoms with E-state index < -0.39 is 0 Å². The van der Waals surface area contributed by atoms with E-state index in [0.29, 0.717) is 10.8 Å². The summed E-state index contributed by atoms with van der Waals surface area (Å²) in [5.41, 5.74) is 3.50. The highest BCUT2D eigenvalue weighted by Crippen LogP contribution is 2.20. The number of benzene rings is 1. The van der Waals surface area contributed by atoms with Gasteiger partial charge in [0.15, 0.2) is 5.82 Å². The lowest BCUT2D eigenvalue weighted by atomic mass is 10.1. The van der Waals surface area contributed by atoms with Crippen molar-refractivity contribution in [1.82, 2.24) is 9.36 Å². The first-order valence-electron chi connectivity index (χ1n) is 4.72. The Hall–Kier alpha value is -1.26. The van der Waals surface area contributed by atoms with E-state index >= 15 is 0 Å². The third-order valence-electron chi connectivity index (χ3n) is 2.37. The molecule has 0 atom stereocenters. The molecule has 1 heterocycles. The second kappa shape index (κ2) is 4.08. The normalized spacial score (nSPS) is 10.6. The van der Waals surface area contributed by atoms with Crippen molar-refractivity contribution in [3.8, 4) is 11.4 Å². The van der Waals surface area contributed by atoms with Crippen molar-refractivity contribution in [3.63, 3.8) is 0 Å². The minimum absolute atomic E-state index is 0.0392. The van der Waals surface area contributed by atoms with Crippen molar-refractivity contribution in [1.29, 1.82) is 0 Å². The van der Waals surface area contributed by atoms with Gasteiger partial charge >= 0.3 is 0 Å². The monoisotopic (exact) mass is 220 g/mol. The molecular formula is C11H12N2OS. The first-order valence-corrected chi connectivity index (χ1v) is 5.49. The minimum Gasteiger partial charge on any atom is -0.389 e. The van der Waals surface area contributed by atoms with Crippen LogP contribution >= 0.6 is 11.5 Å². The summed E-state index contributed by atoms with van der Waals surface area (Å²) in [5, 5.41) is 9.56. The average molecular weight is 220 g/mol. The van der Waals surface area contributed by atoms with Crippen molar-refractivity contribution >= 4 is 11.5 Å². The molecule has 1 aromatic heterocycles. The average Bonchev–Trinajstić information content (AvgIpc) is 2.70. The number of hydrogen-bond donors (Lipinski definition) is 1.